The van der Waals surface area contributed by atoms with E-state index in [1.165, 1.54) is 6.33 Å². The normalized spacial score (nSPS) is 16.7. The molecule has 1 N–H and O–H groups in total. The molecule has 7 nitrogen and oxygen atoms in total. The molecule has 0 saturated heterocycles. The van der Waals surface area contributed by atoms with E-state index in [0.717, 1.165) is 15.5 Å². The molecular weight excluding hydrogens is 458 g/mol. The van der Waals surface area contributed by atoms with E-state index in [2.05, 4.69) is 31.2 Å². The molecule has 0 unspecified atom stereocenters. The Hall–Kier alpha value is -2.39. The van der Waals surface area contributed by atoms with E-state index < -0.39 is 9.84 Å². The predicted molar refractivity (Wildman–Crippen MR) is 116 cm³/mol. The summed E-state index contributed by atoms with van der Waals surface area (Å²) in [6.45, 7) is 0.596. The number of hydrogen-bond acceptors (Lipinski definition) is 7. The van der Waals surface area contributed by atoms with Crippen LogP contribution in [0.4, 0.5) is 11.5 Å². The zero-order valence-electron chi connectivity index (χ0n) is 15.6. The molecule has 1 aliphatic heterocycles. The van der Waals surface area contributed by atoms with Crippen molar-refractivity contribution >= 4 is 48.2 Å². The first-order chi connectivity index (χ1) is 14.0. The maximum atomic E-state index is 12.0. The Morgan fingerprint density at radius 2 is 1.69 bits per heavy atom. The average Bonchev–Trinajstić information content (AvgIpc) is 2.71. The van der Waals surface area contributed by atoms with Gasteiger partial charge in [-0.25, -0.2) is 18.4 Å². The monoisotopic (exact) mass is 477 g/mol. The molecule has 0 amide bonds. The average molecular weight is 478 g/mol. The van der Waals surface area contributed by atoms with Gasteiger partial charge in [0.05, 0.1) is 30.2 Å². The van der Waals surface area contributed by atoms with E-state index in [0.29, 0.717) is 48.9 Å². The summed E-state index contributed by atoms with van der Waals surface area (Å²) >= 11 is 3.47. The lowest BCUT2D eigenvalue weighted by Crippen LogP contribution is -2.14. The fourth-order valence-electron chi connectivity index (χ4n) is 3.12. The summed E-state index contributed by atoms with van der Waals surface area (Å²) in [6, 6.07) is 11.4. The van der Waals surface area contributed by atoms with Gasteiger partial charge in [0.15, 0.2) is 21.3 Å². The molecule has 0 saturated carbocycles. The highest BCUT2D eigenvalue weighted by Gasteiger charge is 2.16. The molecule has 0 fully saturated rings. The number of benzene rings is 2. The van der Waals surface area contributed by atoms with Crippen LogP contribution in [0.2, 0.25) is 0 Å². The van der Waals surface area contributed by atoms with Crippen molar-refractivity contribution in [2.24, 2.45) is 0 Å². The van der Waals surface area contributed by atoms with E-state index in [1.54, 1.807) is 0 Å². The van der Waals surface area contributed by atoms with Gasteiger partial charge in [0, 0.05) is 21.6 Å². The van der Waals surface area contributed by atoms with Gasteiger partial charge in [0.1, 0.15) is 12.1 Å². The number of anilines is 2. The summed E-state index contributed by atoms with van der Waals surface area (Å²) in [5.41, 5.74) is 1.60. The molecule has 4 rings (SSSR count). The molecule has 29 heavy (non-hydrogen) atoms. The second kappa shape index (κ2) is 8.54. The number of sulfone groups is 1. The highest BCUT2D eigenvalue weighted by molar-refractivity contribution is 9.10. The topological polar surface area (TPSA) is 90.4 Å². The van der Waals surface area contributed by atoms with Crippen LogP contribution in [0.3, 0.4) is 0 Å². The van der Waals surface area contributed by atoms with Crippen LogP contribution < -0.4 is 14.8 Å². The Bertz CT molecular complexity index is 1140. The van der Waals surface area contributed by atoms with Crippen LogP contribution in [0.25, 0.3) is 10.9 Å². The first kappa shape index (κ1) is 19.9. The van der Waals surface area contributed by atoms with E-state index in [1.807, 2.05) is 36.4 Å². The summed E-state index contributed by atoms with van der Waals surface area (Å²) in [7, 11) is -3.06. The highest BCUT2D eigenvalue weighted by Crippen LogP contribution is 2.35. The van der Waals surface area contributed by atoms with Gasteiger partial charge in [-0.15, -0.1) is 0 Å². The lowest BCUT2D eigenvalue weighted by atomic mass is 10.2. The van der Waals surface area contributed by atoms with Crippen LogP contribution >= 0.6 is 15.9 Å². The summed E-state index contributed by atoms with van der Waals surface area (Å²) in [4.78, 5) is 8.73. The molecule has 0 atom stereocenters. The van der Waals surface area contributed by atoms with Crippen molar-refractivity contribution in [1.82, 2.24) is 9.97 Å². The number of halogens is 1. The van der Waals surface area contributed by atoms with Crippen molar-refractivity contribution in [3.05, 3.63) is 47.2 Å². The first-order valence-corrected chi connectivity index (χ1v) is 11.9. The van der Waals surface area contributed by atoms with Crippen LogP contribution in [0.15, 0.2) is 47.2 Å². The molecule has 0 aliphatic carbocycles. The molecule has 0 spiro atoms. The number of ether oxygens (including phenoxy) is 2. The summed E-state index contributed by atoms with van der Waals surface area (Å²) in [6.07, 6.45) is 2.38. The molecule has 2 aromatic carbocycles. The Morgan fingerprint density at radius 3 is 2.41 bits per heavy atom. The summed E-state index contributed by atoms with van der Waals surface area (Å²) < 4.78 is 36.6. The van der Waals surface area contributed by atoms with Crippen molar-refractivity contribution in [2.45, 2.75) is 12.8 Å². The molecule has 1 aliphatic rings. The number of rotatable bonds is 2. The summed E-state index contributed by atoms with van der Waals surface area (Å²) in [5, 5.41) is 4.10. The molecule has 1 aromatic heterocycles. The van der Waals surface area contributed by atoms with Gasteiger partial charge in [-0.2, -0.15) is 0 Å². The predicted octanol–water partition coefficient (Wildman–Crippen LogP) is 4.10. The fraction of sp³-hybridized carbons (Fsp3) is 0.300. The molecule has 152 valence electrons. The van der Waals surface area contributed by atoms with Gasteiger partial charge < -0.3 is 14.8 Å². The number of fused-ring (bicyclic) bond motifs is 2. The fourth-order valence-corrected chi connectivity index (χ4v) is 4.83. The van der Waals surface area contributed by atoms with Gasteiger partial charge >= 0.3 is 0 Å². The number of aromatic nitrogens is 2. The maximum Gasteiger partial charge on any atom is 0.163 e. The minimum absolute atomic E-state index is 0.120. The lowest BCUT2D eigenvalue weighted by molar-refractivity contribution is 0.271. The van der Waals surface area contributed by atoms with Crippen LogP contribution in [0.5, 0.6) is 11.5 Å². The van der Waals surface area contributed by atoms with Gasteiger partial charge in [-0.1, -0.05) is 22.0 Å². The molecule has 9 heteroatoms. The van der Waals surface area contributed by atoms with Gasteiger partial charge in [-0.3, -0.25) is 0 Å². The van der Waals surface area contributed by atoms with Crippen LogP contribution in [0.1, 0.15) is 12.8 Å². The molecule has 0 bridgehead atoms. The molecular formula is C20H20BrN3O4S. The highest BCUT2D eigenvalue weighted by atomic mass is 79.9. The van der Waals surface area contributed by atoms with E-state index in [9.17, 15) is 8.42 Å². The largest absolute Gasteiger partial charge is 0.490 e. The molecule has 3 aromatic rings. The number of nitrogens with one attached hydrogen (secondary N) is 1. The van der Waals surface area contributed by atoms with Crippen molar-refractivity contribution in [3.63, 3.8) is 0 Å². The Morgan fingerprint density at radius 1 is 0.966 bits per heavy atom. The standard InChI is InChI=1S/C20H20BrN3O4S/c21-14-4-1-5-15(10-14)24-20-16-11-18-19(12-17(16)22-13-23-20)28-7-3-9-29(25,26)8-2-6-27-18/h1,4-5,10-13H,2-3,6-9H2,(H,22,23,24). The Balaban J connectivity index is 1.68. The smallest absolute Gasteiger partial charge is 0.163 e. The third kappa shape index (κ3) is 4.97. The Labute approximate surface area is 177 Å². The van der Waals surface area contributed by atoms with Crippen molar-refractivity contribution in [2.75, 3.05) is 30.0 Å². The quantitative estimate of drug-likeness (QED) is 0.593. The van der Waals surface area contributed by atoms with Crippen LogP contribution in [-0.4, -0.2) is 43.1 Å². The number of hydrogen-bond donors (Lipinski definition) is 1. The van der Waals surface area contributed by atoms with Crippen molar-refractivity contribution < 1.29 is 17.9 Å². The van der Waals surface area contributed by atoms with Crippen LogP contribution in [0, 0.1) is 0 Å². The zero-order chi connectivity index (χ0) is 20.3. The molecule has 2 heterocycles. The SMILES string of the molecule is O=S1(=O)CCCOc2cc3ncnc(Nc4cccc(Br)c4)c3cc2OCCC1. The minimum atomic E-state index is -3.06. The van der Waals surface area contributed by atoms with E-state index in [-0.39, 0.29) is 11.5 Å². The third-order valence-corrected chi connectivity index (χ3v) is 6.82. The van der Waals surface area contributed by atoms with Gasteiger partial charge in [0.25, 0.3) is 0 Å². The lowest BCUT2D eigenvalue weighted by Gasteiger charge is -2.14. The third-order valence-electron chi connectivity index (χ3n) is 4.50. The summed E-state index contributed by atoms with van der Waals surface area (Å²) in [5.74, 6) is 2.01. The number of nitrogens with zero attached hydrogens (tertiary/aromatic N) is 2. The van der Waals surface area contributed by atoms with Gasteiger partial charge in [0.2, 0.25) is 0 Å². The van der Waals surface area contributed by atoms with Gasteiger partial charge in [-0.05, 0) is 37.1 Å². The minimum Gasteiger partial charge on any atom is -0.490 e. The first-order valence-electron chi connectivity index (χ1n) is 9.27. The van der Waals surface area contributed by atoms with E-state index in [4.69, 9.17) is 9.47 Å². The van der Waals surface area contributed by atoms with Crippen molar-refractivity contribution in [1.29, 1.82) is 0 Å². The second-order valence-electron chi connectivity index (χ2n) is 6.73. The van der Waals surface area contributed by atoms with Crippen LogP contribution in [-0.2, 0) is 9.84 Å². The zero-order valence-corrected chi connectivity index (χ0v) is 18.0. The Kier molecular flexibility index (Phi) is 5.86. The van der Waals surface area contributed by atoms with E-state index >= 15 is 0 Å². The van der Waals surface area contributed by atoms with Crippen molar-refractivity contribution in [3.8, 4) is 11.5 Å². The molecule has 0 radical (unpaired) electrons. The second-order valence-corrected chi connectivity index (χ2v) is 9.95. The maximum absolute atomic E-state index is 12.0.